The van der Waals surface area contributed by atoms with Gasteiger partial charge in [0.15, 0.2) is 0 Å². The van der Waals surface area contributed by atoms with Crippen molar-refractivity contribution in [2.75, 3.05) is 26.4 Å². The van der Waals surface area contributed by atoms with E-state index in [1.807, 2.05) is 12.1 Å². The molecule has 0 fully saturated rings. The largest absolute Gasteiger partial charge is 0.494 e. The van der Waals surface area contributed by atoms with Crippen LogP contribution in [0.4, 0.5) is 0 Å². The van der Waals surface area contributed by atoms with Gasteiger partial charge in [0.05, 0.1) is 26.4 Å². The number of hydrogen-bond acceptors (Lipinski definition) is 6. The fourth-order valence-corrected chi connectivity index (χ4v) is 4.58. The average Bonchev–Trinajstić information content (AvgIpc) is 3.02. The zero-order chi connectivity index (χ0) is 32.7. The van der Waals surface area contributed by atoms with Crippen LogP contribution in [0.2, 0.25) is 0 Å². The Kier molecular flexibility index (Phi) is 18.8. The maximum absolute atomic E-state index is 11.3. The van der Waals surface area contributed by atoms with E-state index in [1.165, 1.54) is 0 Å². The van der Waals surface area contributed by atoms with Gasteiger partial charge in [-0.05, 0) is 87.4 Å². The lowest BCUT2D eigenvalue weighted by atomic mass is 10.1. The SMILES string of the molecule is C=C(C)C(=O)OCCCCCCCCOc1ccc(C=Cc2ccc(OCCCCCCCCOC(=O)C(=C)C)c(C)c2)cc1. The van der Waals surface area contributed by atoms with Crippen molar-refractivity contribution >= 4 is 24.1 Å². The molecule has 0 aliphatic heterocycles. The van der Waals surface area contributed by atoms with Gasteiger partial charge in [0.1, 0.15) is 11.5 Å². The number of esters is 2. The highest BCUT2D eigenvalue weighted by Gasteiger charge is 2.04. The first-order chi connectivity index (χ1) is 21.8. The molecule has 6 nitrogen and oxygen atoms in total. The molecule has 2 rings (SSSR count). The number of ether oxygens (including phenoxy) is 4. The minimum absolute atomic E-state index is 0.299. The number of benzene rings is 2. The first-order valence-corrected chi connectivity index (χ1v) is 16.6. The molecule has 2 aromatic rings. The first kappa shape index (κ1) is 37.4. The third kappa shape index (κ3) is 17.3. The van der Waals surface area contributed by atoms with Crippen LogP contribution in [-0.2, 0) is 19.1 Å². The highest BCUT2D eigenvalue weighted by atomic mass is 16.5. The topological polar surface area (TPSA) is 71.1 Å². The number of rotatable bonds is 24. The van der Waals surface area contributed by atoms with Gasteiger partial charge in [0.25, 0.3) is 0 Å². The molecule has 0 amide bonds. The van der Waals surface area contributed by atoms with Gasteiger partial charge in [0.2, 0.25) is 0 Å². The van der Waals surface area contributed by atoms with E-state index in [-0.39, 0.29) is 11.9 Å². The zero-order valence-electron chi connectivity index (χ0n) is 27.9. The van der Waals surface area contributed by atoms with E-state index in [9.17, 15) is 9.59 Å². The molecule has 45 heavy (non-hydrogen) atoms. The number of carbonyl (C=O) groups is 2. The van der Waals surface area contributed by atoms with Crippen LogP contribution in [0.15, 0.2) is 66.8 Å². The predicted molar refractivity (Wildman–Crippen MR) is 184 cm³/mol. The quantitative estimate of drug-likeness (QED) is 0.0505. The van der Waals surface area contributed by atoms with Gasteiger partial charge < -0.3 is 18.9 Å². The van der Waals surface area contributed by atoms with Gasteiger partial charge in [-0.3, -0.25) is 0 Å². The molecule has 0 saturated carbocycles. The Morgan fingerprint density at radius 1 is 0.578 bits per heavy atom. The van der Waals surface area contributed by atoms with E-state index in [0.717, 1.165) is 118 Å². The molecule has 246 valence electrons. The monoisotopic (exact) mass is 618 g/mol. The van der Waals surface area contributed by atoms with Crippen molar-refractivity contribution < 1.29 is 28.5 Å². The lowest BCUT2D eigenvalue weighted by Gasteiger charge is -2.10. The Bertz CT molecular complexity index is 1210. The summed E-state index contributed by atoms with van der Waals surface area (Å²) in [4.78, 5) is 22.7. The van der Waals surface area contributed by atoms with E-state index in [4.69, 9.17) is 18.9 Å². The minimum atomic E-state index is -0.299. The third-order valence-corrected chi connectivity index (χ3v) is 7.31. The molecule has 6 heteroatoms. The fourth-order valence-electron chi connectivity index (χ4n) is 4.58. The summed E-state index contributed by atoms with van der Waals surface area (Å²) in [5, 5.41) is 0. The Balaban J connectivity index is 1.54. The second-order valence-electron chi connectivity index (χ2n) is 11.7. The maximum atomic E-state index is 11.3. The van der Waals surface area contributed by atoms with E-state index in [2.05, 4.69) is 62.6 Å². The molecule has 0 N–H and O–H groups in total. The van der Waals surface area contributed by atoms with Crippen molar-refractivity contribution in [3.8, 4) is 11.5 Å². The second-order valence-corrected chi connectivity index (χ2v) is 11.7. The molecule has 0 atom stereocenters. The van der Waals surface area contributed by atoms with Crippen molar-refractivity contribution in [1.29, 1.82) is 0 Å². The van der Waals surface area contributed by atoms with E-state index in [1.54, 1.807) is 13.8 Å². The molecule has 0 radical (unpaired) electrons. The number of hydrogen-bond donors (Lipinski definition) is 0. The summed E-state index contributed by atoms with van der Waals surface area (Å²) in [6, 6.07) is 14.5. The van der Waals surface area contributed by atoms with Gasteiger partial charge in [-0.15, -0.1) is 0 Å². The highest BCUT2D eigenvalue weighted by Crippen LogP contribution is 2.22. The Morgan fingerprint density at radius 2 is 1.00 bits per heavy atom. The summed E-state index contributed by atoms with van der Waals surface area (Å²) in [7, 11) is 0. The van der Waals surface area contributed by atoms with Crippen molar-refractivity contribution in [1.82, 2.24) is 0 Å². The molecule has 0 aliphatic rings. The third-order valence-electron chi connectivity index (χ3n) is 7.31. The number of carbonyl (C=O) groups excluding carboxylic acids is 2. The maximum Gasteiger partial charge on any atom is 0.333 e. The van der Waals surface area contributed by atoms with Crippen LogP contribution in [0.25, 0.3) is 12.2 Å². The summed E-state index contributed by atoms with van der Waals surface area (Å²) < 4.78 is 22.2. The predicted octanol–water partition coefficient (Wildman–Crippen LogP) is 9.84. The molecule has 0 aliphatic carbocycles. The summed E-state index contributed by atoms with van der Waals surface area (Å²) in [5.41, 5.74) is 4.31. The molecule has 0 unspecified atom stereocenters. The Labute approximate surface area is 271 Å². The smallest absolute Gasteiger partial charge is 0.333 e. The standard InChI is InChI=1S/C39H54O6/c1-31(2)38(40)44-28-16-12-8-6-10-14-26-42-36-23-20-34(21-24-36)18-19-35-22-25-37(33(5)30-35)43-27-15-11-7-9-13-17-29-45-39(41)32(3)4/h18-25,30H,1,3,6-17,26-29H2,2,4-5H3. The van der Waals surface area contributed by atoms with Gasteiger partial charge in [-0.1, -0.05) is 94.9 Å². The van der Waals surface area contributed by atoms with Gasteiger partial charge in [-0.2, -0.15) is 0 Å². The summed E-state index contributed by atoms with van der Waals surface area (Å²) >= 11 is 0. The zero-order valence-corrected chi connectivity index (χ0v) is 27.9. The first-order valence-electron chi connectivity index (χ1n) is 16.6. The van der Waals surface area contributed by atoms with Gasteiger partial charge in [-0.25, -0.2) is 9.59 Å². The van der Waals surface area contributed by atoms with Crippen LogP contribution >= 0.6 is 0 Å². The average molecular weight is 619 g/mol. The molecule has 0 heterocycles. The molecular weight excluding hydrogens is 564 g/mol. The molecule has 2 aromatic carbocycles. The molecule has 0 spiro atoms. The van der Waals surface area contributed by atoms with Gasteiger partial charge in [0, 0.05) is 11.1 Å². The second kappa shape index (κ2) is 22.7. The van der Waals surface area contributed by atoms with Crippen molar-refractivity contribution in [3.63, 3.8) is 0 Å². The summed E-state index contributed by atoms with van der Waals surface area (Å²) in [6.45, 7) is 15.0. The summed E-state index contributed by atoms with van der Waals surface area (Å²) in [6.07, 6.45) is 17.1. The minimum Gasteiger partial charge on any atom is -0.494 e. The Morgan fingerprint density at radius 3 is 1.49 bits per heavy atom. The number of aryl methyl sites for hydroxylation is 1. The van der Waals surface area contributed by atoms with E-state index < -0.39 is 0 Å². The van der Waals surface area contributed by atoms with E-state index in [0.29, 0.717) is 24.4 Å². The van der Waals surface area contributed by atoms with Crippen molar-refractivity contribution in [3.05, 3.63) is 83.5 Å². The molecule has 0 bridgehead atoms. The van der Waals surface area contributed by atoms with Crippen LogP contribution < -0.4 is 9.47 Å². The van der Waals surface area contributed by atoms with Crippen LogP contribution in [0.3, 0.4) is 0 Å². The lowest BCUT2D eigenvalue weighted by molar-refractivity contribution is -0.139. The van der Waals surface area contributed by atoms with Crippen LogP contribution in [0.5, 0.6) is 11.5 Å². The molecule has 0 aromatic heterocycles. The molecule has 0 saturated heterocycles. The normalized spacial score (nSPS) is 10.9. The van der Waals surface area contributed by atoms with Crippen molar-refractivity contribution in [2.45, 2.75) is 97.8 Å². The van der Waals surface area contributed by atoms with Crippen LogP contribution in [0.1, 0.15) is 108 Å². The van der Waals surface area contributed by atoms with E-state index >= 15 is 0 Å². The number of unbranched alkanes of at least 4 members (excludes halogenated alkanes) is 10. The van der Waals surface area contributed by atoms with Crippen LogP contribution in [0, 0.1) is 6.92 Å². The summed E-state index contributed by atoms with van der Waals surface area (Å²) in [5.74, 6) is 1.24. The fraction of sp³-hybridized carbons (Fsp3) is 0.487. The Hall–Kier alpha value is -3.80. The van der Waals surface area contributed by atoms with Gasteiger partial charge >= 0.3 is 11.9 Å². The highest BCUT2D eigenvalue weighted by molar-refractivity contribution is 5.87. The van der Waals surface area contributed by atoms with Crippen LogP contribution in [-0.4, -0.2) is 38.4 Å². The van der Waals surface area contributed by atoms with Crippen molar-refractivity contribution in [2.24, 2.45) is 0 Å². The molecular formula is C39H54O6. The lowest BCUT2D eigenvalue weighted by Crippen LogP contribution is -2.06.